The van der Waals surface area contributed by atoms with Gasteiger partial charge in [-0.05, 0) is 0 Å². The van der Waals surface area contributed by atoms with Crippen LogP contribution in [0.5, 0.6) is 0 Å². The number of epoxide rings is 1. The van der Waals surface area contributed by atoms with Gasteiger partial charge in [0, 0.05) is 0 Å². The van der Waals surface area contributed by atoms with Crippen LogP contribution in [0.4, 0.5) is 0 Å². The molecule has 0 spiro atoms. The maximum absolute atomic E-state index is 5.37. The number of rotatable bonds is 1. The standard InChI is InChI=1S/C4H7BO/c1-3(5)4-2-6-4/h3-4H,2H2,1H3. The van der Waals surface area contributed by atoms with Crippen LogP contribution in [-0.2, 0) is 4.74 Å². The molecule has 1 rings (SSSR count). The molecule has 0 aromatic heterocycles. The van der Waals surface area contributed by atoms with Crippen molar-refractivity contribution < 1.29 is 4.74 Å². The zero-order valence-electron chi connectivity index (χ0n) is 3.85. The Labute approximate surface area is 39.1 Å². The van der Waals surface area contributed by atoms with Gasteiger partial charge in [-0.1, -0.05) is 12.7 Å². The van der Waals surface area contributed by atoms with E-state index in [1.807, 2.05) is 6.92 Å². The maximum atomic E-state index is 5.37. The second-order valence-electron chi connectivity index (χ2n) is 1.73. The highest BCUT2D eigenvalue weighted by Gasteiger charge is 2.24. The van der Waals surface area contributed by atoms with Crippen LogP contribution in [-0.4, -0.2) is 20.6 Å². The van der Waals surface area contributed by atoms with E-state index in [1.165, 1.54) is 0 Å². The zero-order chi connectivity index (χ0) is 4.57. The first-order valence-corrected chi connectivity index (χ1v) is 2.18. The molecule has 1 saturated heterocycles. The second kappa shape index (κ2) is 1.26. The van der Waals surface area contributed by atoms with E-state index in [4.69, 9.17) is 12.6 Å². The molecule has 2 radical (unpaired) electrons. The third-order valence-corrected chi connectivity index (χ3v) is 0.946. The number of hydrogen-bond acceptors (Lipinski definition) is 1. The molecule has 1 nitrogen and oxygen atoms in total. The predicted molar refractivity (Wildman–Crippen MR) is 24.9 cm³/mol. The molecule has 2 heteroatoms. The van der Waals surface area contributed by atoms with E-state index in [-0.39, 0.29) is 5.82 Å². The van der Waals surface area contributed by atoms with Crippen molar-refractivity contribution in [2.75, 3.05) is 6.61 Å². The lowest BCUT2D eigenvalue weighted by atomic mass is 9.87. The van der Waals surface area contributed by atoms with Crippen LogP contribution < -0.4 is 0 Å². The van der Waals surface area contributed by atoms with Crippen LogP contribution in [0.1, 0.15) is 6.92 Å². The normalized spacial score (nSPS) is 35.8. The number of ether oxygens (including phenoxy) is 1. The summed E-state index contributed by atoms with van der Waals surface area (Å²) in [5, 5.41) is 0. The van der Waals surface area contributed by atoms with E-state index in [0.717, 1.165) is 6.61 Å². The van der Waals surface area contributed by atoms with Gasteiger partial charge in [0.1, 0.15) is 0 Å². The molecular formula is C4H7BO. The quantitative estimate of drug-likeness (QED) is 0.328. The lowest BCUT2D eigenvalue weighted by Crippen LogP contribution is -1.92. The van der Waals surface area contributed by atoms with Gasteiger partial charge >= 0.3 is 0 Å². The highest BCUT2D eigenvalue weighted by Crippen LogP contribution is 2.20. The van der Waals surface area contributed by atoms with Crippen molar-refractivity contribution in [3.8, 4) is 0 Å². The average Bonchev–Trinajstić information content (AvgIpc) is 2.06. The third-order valence-electron chi connectivity index (χ3n) is 0.946. The van der Waals surface area contributed by atoms with Crippen molar-refractivity contribution in [2.24, 2.45) is 0 Å². The average molecular weight is 81.9 g/mol. The Morgan fingerprint density at radius 1 is 2.00 bits per heavy atom. The summed E-state index contributed by atoms with van der Waals surface area (Å²) in [5.74, 6) is 0.241. The second-order valence-corrected chi connectivity index (χ2v) is 1.73. The topological polar surface area (TPSA) is 12.5 Å². The molecular weight excluding hydrogens is 74.9 g/mol. The first kappa shape index (κ1) is 4.19. The fourth-order valence-electron chi connectivity index (χ4n) is 0.359. The largest absolute Gasteiger partial charge is 0.374 e. The maximum Gasteiger partial charge on any atom is 0.0757 e. The van der Waals surface area contributed by atoms with Crippen LogP contribution in [0.25, 0.3) is 0 Å². The van der Waals surface area contributed by atoms with Gasteiger partial charge in [0.2, 0.25) is 0 Å². The van der Waals surface area contributed by atoms with Crippen molar-refractivity contribution in [1.82, 2.24) is 0 Å². The first-order chi connectivity index (χ1) is 2.80. The summed E-state index contributed by atoms with van der Waals surface area (Å²) in [6.45, 7) is 2.83. The summed E-state index contributed by atoms with van der Waals surface area (Å²) in [5.41, 5.74) is 0. The minimum Gasteiger partial charge on any atom is -0.374 e. The Bertz CT molecular complexity index is 49.5. The molecule has 0 aromatic carbocycles. The Balaban J connectivity index is 2.13. The third kappa shape index (κ3) is 0.746. The summed E-state index contributed by atoms with van der Waals surface area (Å²) < 4.78 is 4.84. The molecule has 6 heavy (non-hydrogen) atoms. The zero-order valence-corrected chi connectivity index (χ0v) is 3.85. The minimum atomic E-state index is 0.241. The SMILES string of the molecule is [B]C(C)C1CO1. The van der Waals surface area contributed by atoms with E-state index < -0.39 is 0 Å². The summed E-state index contributed by atoms with van der Waals surface area (Å²) in [4.78, 5) is 0. The van der Waals surface area contributed by atoms with Gasteiger partial charge in [-0.15, -0.1) is 0 Å². The molecule has 0 saturated carbocycles. The smallest absolute Gasteiger partial charge is 0.0757 e. The lowest BCUT2D eigenvalue weighted by Gasteiger charge is -1.91. The molecule has 1 aliphatic rings. The molecule has 32 valence electrons. The molecule has 0 aromatic rings. The monoisotopic (exact) mass is 82.1 g/mol. The van der Waals surface area contributed by atoms with Crippen molar-refractivity contribution in [1.29, 1.82) is 0 Å². The molecule has 0 bridgehead atoms. The van der Waals surface area contributed by atoms with E-state index >= 15 is 0 Å². The van der Waals surface area contributed by atoms with Crippen molar-refractivity contribution in [3.05, 3.63) is 0 Å². The van der Waals surface area contributed by atoms with Gasteiger partial charge in [-0.3, -0.25) is 0 Å². The molecule has 0 aliphatic carbocycles. The summed E-state index contributed by atoms with van der Waals surface area (Å²) in [7, 11) is 5.37. The van der Waals surface area contributed by atoms with Crippen LogP contribution in [0.2, 0.25) is 5.82 Å². The van der Waals surface area contributed by atoms with Gasteiger partial charge in [0.25, 0.3) is 0 Å². The van der Waals surface area contributed by atoms with Gasteiger partial charge < -0.3 is 4.74 Å². The van der Waals surface area contributed by atoms with E-state index in [1.54, 1.807) is 0 Å². The van der Waals surface area contributed by atoms with Crippen molar-refractivity contribution in [3.63, 3.8) is 0 Å². The molecule has 2 atom stereocenters. The van der Waals surface area contributed by atoms with E-state index in [9.17, 15) is 0 Å². The highest BCUT2D eigenvalue weighted by atomic mass is 16.6. The van der Waals surface area contributed by atoms with Gasteiger partial charge in [-0.25, -0.2) is 0 Å². The fraction of sp³-hybridized carbons (Fsp3) is 1.00. The Morgan fingerprint density at radius 2 is 2.50 bits per heavy atom. The van der Waals surface area contributed by atoms with Crippen LogP contribution in [0.15, 0.2) is 0 Å². The van der Waals surface area contributed by atoms with Gasteiger partial charge in [0.15, 0.2) is 0 Å². The number of hydrogen-bond donors (Lipinski definition) is 0. The summed E-state index contributed by atoms with van der Waals surface area (Å²) in [6, 6.07) is 0. The fourth-order valence-corrected chi connectivity index (χ4v) is 0.359. The van der Waals surface area contributed by atoms with Gasteiger partial charge in [0.05, 0.1) is 20.6 Å². The van der Waals surface area contributed by atoms with Gasteiger partial charge in [-0.2, -0.15) is 0 Å². The molecule has 1 fully saturated rings. The molecule has 1 aliphatic heterocycles. The summed E-state index contributed by atoms with van der Waals surface area (Å²) >= 11 is 0. The predicted octanol–water partition coefficient (Wildman–Crippen LogP) is 0.362. The Kier molecular flexibility index (Phi) is 0.883. The molecule has 0 N–H and O–H groups in total. The molecule has 1 heterocycles. The summed E-state index contributed by atoms with van der Waals surface area (Å²) in [6.07, 6.45) is 0.380. The molecule has 2 unspecified atom stereocenters. The highest BCUT2D eigenvalue weighted by molar-refractivity contribution is 6.11. The molecule has 0 amide bonds. The first-order valence-electron chi connectivity index (χ1n) is 2.18. The Morgan fingerprint density at radius 3 is 2.50 bits per heavy atom. The van der Waals surface area contributed by atoms with E-state index in [0.29, 0.717) is 6.10 Å². The van der Waals surface area contributed by atoms with Crippen LogP contribution in [0, 0.1) is 0 Å². The lowest BCUT2D eigenvalue weighted by molar-refractivity contribution is 0.403. The van der Waals surface area contributed by atoms with Crippen molar-refractivity contribution in [2.45, 2.75) is 18.8 Å². The Hall–Kier alpha value is 0.0249. The van der Waals surface area contributed by atoms with Crippen molar-refractivity contribution >= 4 is 7.85 Å². The van der Waals surface area contributed by atoms with E-state index in [2.05, 4.69) is 0 Å². The van der Waals surface area contributed by atoms with Crippen LogP contribution >= 0.6 is 0 Å². The van der Waals surface area contributed by atoms with Crippen LogP contribution in [0.3, 0.4) is 0 Å². The minimum absolute atomic E-state index is 0.241.